The molecule has 4 aliphatic rings. The quantitative estimate of drug-likeness (QED) is 0.581. The van der Waals surface area contributed by atoms with E-state index in [0.29, 0.717) is 35.7 Å². The van der Waals surface area contributed by atoms with E-state index in [-0.39, 0.29) is 11.9 Å². The summed E-state index contributed by atoms with van der Waals surface area (Å²) in [6.45, 7) is 7.95. The second-order valence-electron chi connectivity index (χ2n) is 11.4. The highest BCUT2D eigenvalue weighted by atomic mass is 16.5. The summed E-state index contributed by atoms with van der Waals surface area (Å²) in [6.07, 6.45) is 10.2. The third-order valence-corrected chi connectivity index (χ3v) is 7.53. The van der Waals surface area contributed by atoms with E-state index in [1.54, 1.807) is 17.1 Å². The first-order valence-corrected chi connectivity index (χ1v) is 12.1. The molecule has 0 spiro atoms. The molecule has 2 amide bonds. The fraction of sp³-hybridized carbons (Fsp3) is 0.720. The van der Waals surface area contributed by atoms with Gasteiger partial charge in [-0.25, -0.2) is 9.48 Å². The van der Waals surface area contributed by atoms with Crippen molar-refractivity contribution in [1.29, 1.82) is 0 Å². The monoisotopic (exact) mass is 458 g/mol. The second-order valence-corrected chi connectivity index (χ2v) is 11.4. The fourth-order valence-electron chi connectivity index (χ4n) is 6.35. The molecule has 0 saturated heterocycles. The number of hydrogen-bond acceptors (Lipinski definition) is 5. The van der Waals surface area contributed by atoms with E-state index in [4.69, 9.17) is 4.74 Å². The molecule has 33 heavy (non-hydrogen) atoms. The Balaban J connectivity index is 1.52. The number of aromatic nitrogens is 2. The van der Waals surface area contributed by atoms with Crippen molar-refractivity contribution in [3.8, 4) is 0 Å². The maximum Gasteiger partial charge on any atom is 0.407 e. The third-order valence-electron chi connectivity index (χ3n) is 7.53. The van der Waals surface area contributed by atoms with Crippen LogP contribution in [0.1, 0.15) is 75.9 Å². The number of ether oxygens (including phenoxy) is 1. The number of methoxy groups -OCH3 is 1. The number of hydrogen-bond donors (Lipinski definition) is 3. The Bertz CT molecular complexity index is 919. The lowest BCUT2D eigenvalue weighted by Crippen LogP contribution is -2.61. The lowest BCUT2D eigenvalue weighted by Gasteiger charge is -2.58. The predicted octanol–water partition coefficient (Wildman–Crippen LogP) is 3.36. The molecule has 1 aromatic heterocycles. The van der Waals surface area contributed by atoms with Crippen LogP contribution in [0, 0.1) is 23.7 Å². The molecule has 3 N–H and O–H groups in total. The number of alkyl carbamates (subject to hydrolysis) is 1. The van der Waals surface area contributed by atoms with Crippen LogP contribution in [0.3, 0.4) is 0 Å². The summed E-state index contributed by atoms with van der Waals surface area (Å²) in [5.74, 6) is 1.59. The third kappa shape index (κ3) is 5.10. The van der Waals surface area contributed by atoms with Crippen LogP contribution in [0.15, 0.2) is 12.3 Å². The van der Waals surface area contributed by atoms with Gasteiger partial charge in [0.2, 0.25) is 0 Å². The summed E-state index contributed by atoms with van der Waals surface area (Å²) in [7, 11) is 1.33. The van der Waals surface area contributed by atoms with Crippen LogP contribution in [-0.4, -0.2) is 51.2 Å². The summed E-state index contributed by atoms with van der Waals surface area (Å²) < 4.78 is 6.43. The largest absolute Gasteiger partial charge is 0.453 e. The Kier molecular flexibility index (Phi) is 6.33. The highest BCUT2D eigenvalue weighted by Gasteiger charge is 2.55. The summed E-state index contributed by atoms with van der Waals surface area (Å²) in [5, 5.41) is 21.4. The molecule has 2 atom stereocenters. The first-order valence-electron chi connectivity index (χ1n) is 12.1. The first-order chi connectivity index (χ1) is 15.5. The highest BCUT2D eigenvalue weighted by Crippen LogP contribution is 2.55. The zero-order chi connectivity index (χ0) is 24.0. The maximum atomic E-state index is 13.4. The molecule has 8 nitrogen and oxygen atoms in total. The van der Waals surface area contributed by atoms with Gasteiger partial charge in [0.05, 0.1) is 35.7 Å². The Morgan fingerprint density at radius 2 is 1.97 bits per heavy atom. The van der Waals surface area contributed by atoms with E-state index in [1.807, 2.05) is 19.9 Å². The van der Waals surface area contributed by atoms with Gasteiger partial charge in [-0.15, -0.1) is 0 Å². The van der Waals surface area contributed by atoms with E-state index < -0.39 is 17.2 Å². The topological polar surface area (TPSA) is 105 Å². The summed E-state index contributed by atoms with van der Waals surface area (Å²) in [6, 6.07) is 0.128. The standard InChI is InChI=1S/C25H38N4O4/c1-15(2)8-20-19(14-26-29(20)7-6-24(3,4)28-23(31)33-5)22(30)27-21-17-9-16-10-18(21)13-25(32,11-16)12-17/h6-7,14-18,21,32H,8-13H2,1-5H3,(H,27,30)(H,28,31)/b7-6+. The van der Waals surface area contributed by atoms with Crippen molar-refractivity contribution < 1.29 is 19.4 Å². The number of nitrogens with one attached hydrogen (secondary N) is 2. The minimum absolute atomic E-state index is 0.0818. The normalized spacial score (nSPS) is 30.8. The van der Waals surface area contributed by atoms with Crippen LogP contribution in [0.5, 0.6) is 0 Å². The lowest BCUT2D eigenvalue weighted by molar-refractivity contribution is -0.136. The van der Waals surface area contributed by atoms with Crippen LogP contribution in [0.25, 0.3) is 6.20 Å². The van der Waals surface area contributed by atoms with Crippen LogP contribution in [-0.2, 0) is 11.2 Å². The Morgan fingerprint density at radius 3 is 2.55 bits per heavy atom. The van der Waals surface area contributed by atoms with Crippen molar-refractivity contribution in [3.63, 3.8) is 0 Å². The maximum absolute atomic E-state index is 13.4. The molecule has 2 unspecified atom stereocenters. The predicted molar refractivity (Wildman–Crippen MR) is 125 cm³/mol. The minimum atomic E-state index is -0.642. The zero-order valence-corrected chi connectivity index (χ0v) is 20.4. The molecule has 4 aliphatic carbocycles. The van der Waals surface area contributed by atoms with Crippen molar-refractivity contribution in [1.82, 2.24) is 20.4 Å². The SMILES string of the molecule is COC(=O)NC(C)(C)/C=C/n1ncc(C(=O)NC2C3CC4CC2CC(O)(C4)C3)c1CC(C)C. The second kappa shape index (κ2) is 8.78. The molecule has 8 heteroatoms. The van der Waals surface area contributed by atoms with Gasteiger partial charge in [-0.05, 0) is 82.1 Å². The van der Waals surface area contributed by atoms with E-state index in [2.05, 4.69) is 29.6 Å². The fourth-order valence-corrected chi connectivity index (χ4v) is 6.35. The van der Waals surface area contributed by atoms with Crippen molar-refractivity contribution in [2.24, 2.45) is 23.7 Å². The molecule has 5 rings (SSSR count). The molecule has 4 saturated carbocycles. The number of carbonyl (C=O) groups is 2. The molecule has 0 radical (unpaired) electrons. The van der Waals surface area contributed by atoms with Gasteiger partial charge in [0, 0.05) is 12.2 Å². The zero-order valence-electron chi connectivity index (χ0n) is 20.4. The van der Waals surface area contributed by atoms with Crippen molar-refractivity contribution in [3.05, 3.63) is 23.5 Å². The van der Waals surface area contributed by atoms with Gasteiger partial charge in [-0.3, -0.25) is 4.79 Å². The number of carbonyl (C=O) groups excluding carboxylic acids is 2. The molecule has 4 bridgehead atoms. The highest BCUT2D eigenvalue weighted by molar-refractivity contribution is 5.95. The molecule has 4 fully saturated rings. The van der Waals surface area contributed by atoms with Crippen molar-refractivity contribution >= 4 is 18.2 Å². The number of rotatable bonds is 7. The van der Waals surface area contributed by atoms with Gasteiger partial charge >= 0.3 is 6.09 Å². The van der Waals surface area contributed by atoms with Gasteiger partial charge in [0.1, 0.15) is 0 Å². The Hall–Kier alpha value is -2.35. The van der Waals surface area contributed by atoms with Crippen molar-refractivity contribution in [2.45, 2.75) is 83.4 Å². The van der Waals surface area contributed by atoms with Crippen molar-refractivity contribution in [2.75, 3.05) is 7.11 Å². The number of nitrogens with zero attached hydrogens (tertiary/aromatic N) is 2. The molecule has 0 aromatic carbocycles. The summed E-state index contributed by atoms with van der Waals surface area (Å²) in [5.41, 5.74) is 0.299. The van der Waals surface area contributed by atoms with Gasteiger partial charge in [-0.1, -0.05) is 13.8 Å². The van der Waals surface area contributed by atoms with E-state index in [9.17, 15) is 14.7 Å². The van der Waals surface area contributed by atoms with Gasteiger partial charge in [0.25, 0.3) is 5.91 Å². The summed E-state index contributed by atoms with van der Waals surface area (Å²) in [4.78, 5) is 25.0. The van der Waals surface area contributed by atoms with Crippen LogP contribution in [0.4, 0.5) is 4.79 Å². The number of aliphatic hydroxyl groups is 1. The van der Waals surface area contributed by atoms with Crippen LogP contribution < -0.4 is 10.6 Å². The number of amides is 2. The molecule has 0 aliphatic heterocycles. The average molecular weight is 459 g/mol. The van der Waals surface area contributed by atoms with Crippen LogP contribution >= 0.6 is 0 Å². The van der Waals surface area contributed by atoms with E-state index >= 15 is 0 Å². The van der Waals surface area contributed by atoms with Crippen LogP contribution in [0.2, 0.25) is 0 Å². The Morgan fingerprint density at radius 1 is 1.30 bits per heavy atom. The molecular formula is C25H38N4O4. The minimum Gasteiger partial charge on any atom is -0.453 e. The Labute approximate surface area is 196 Å². The molecular weight excluding hydrogens is 420 g/mol. The van der Waals surface area contributed by atoms with E-state index in [0.717, 1.165) is 37.8 Å². The van der Waals surface area contributed by atoms with Gasteiger partial charge < -0.3 is 20.5 Å². The smallest absolute Gasteiger partial charge is 0.407 e. The lowest BCUT2D eigenvalue weighted by atomic mass is 9.52. The molecule has 1 aromatic rings. The molecule has 182 valence electrons. The molecule has 1 heterocycles. The average Bonchev–Trinajstić information content (AvgIpc) is 3.09. The summed E-state index contributed by atoms with van der Waals surface area (Å²) >= 11 is 0. The first kappa shape index (κ1) is 23.8. The van der Waals surface area contributed by atoms with Gasteiger partial charge in [0.15, 0.2) is 0 Å². The van der Waals surface area contributed by atoms with Gasteiger partial charge in [-0.2, -0.15) is 5.10 Å². The van der Waals surface area contributed by atoms with E-state index in [1.165, 1.54) is 7.11 Å².